The number of amidine groups is 3. The minimum Gasteiger partial charge on any atom is -0.443 e. The second-order valence-electron chi connectivity index (χ2n) is 20.1. The van der Waals surface area contributed by atoms with Crippen LogP contribution in [0.25, 0.3) is 0 Å². The van der Waals surface area contributed by atoms with Crippen molar-refractivity contribution in [3.05, 3.63) is 97.7 Å². The Morgan fingerprint density at radius 1 is 0.563 bits per heavy atom. The fourth-order valence-electron chi connectivity index (χ4n) is 9.00. The molecular weight excluding hydrogens is 1140 g/mol. The van der Waals surface area contributed by atoms with Crippen molar-refractivity contribution in [2.45, 2.75) is 124 Å². The van der Waals surface area contributed by atoms with Gasteiger partial charge in [0.15, 0.2) is 15.5 Å². The van der Waals surface area contributed by atoms with Gasteiger partial charge >= 0.3 is 12.2 Å². The SMILES string of the molecule is CC(C)(C)OC(=O)N(C(=O)OC(C)(C)C)C1=N[C@](C)(c2cc(Br)ccc2F)[C@H]2[C@@H](S1)C2(F)F.C[C@]1(c2cc(Br)ccc2F)N=C(N)S[C@@H]2[C@H]1C2(F)F.C[C@]1(c2cc(N)ccc2F)N=C(N)S[C@@H]2[C@H]1C2(F)F. The molecule has 2 amide bonds. The van der Waals surface area contributed by atoms with E-state index >= 15 is 0 Å². The number of carbonyl (C=O) groups excluding carboxylic acids is 2. The Morgan fingerprint density at radius 2 is 0.887 bits per heavy atom. The average Bonchev–Trinajstić information content (AvgIpc) is 4.12. The maximum atomic E-state index is 14.8. The number of halogens is 11. The molecule has 6 N–H and O–H groups in total. The number of thioether (sulfide) groups is 3. The summed E-state index contributed by atoms with van der Waals surface area (Å²) < 4.78 is 139. The molecule has 3 aliphatic carbocycles. The Labute approximate surface area is 432 Å². The van der Waals surface area contributed by atoms with E-state index < -0.39 is 109 Å². The van der Waals surface area contributed by atoms with Gasteiger partial charge in [-0.1, -0.05) is 67.1 Å². The lowest BCUT2D eigenvalue weighted by molar-refractivity contribution is 0.0150. The van der Waals surface area contributed by atoms with E-state index in [1.807, 2.05) is 0 Å². The number of imide groups is 1. The summed E-state index contributed by atoms with van der Waals surface area (Å²) in [5.74, 6) is -14.2. The molecule has 0 spiro atoms. The van der Waals surface area contributed by atoms with Crippen molar-refractivity contribution in [2.24, 2.45) is 44.2 Å². The molecule has 0 unspecified atom stereocenters. The van der Waals surface area contributed by atoms with Gasteiger partial charge in [-0.25, -0.2) is 54.1 Å². The van der Waals surface area contributed by atoms with Crippen LogP contribution in [-0.4, -0.2) is 77.3 Å². The van der Waals surface area contributed by atoms with Crippen LogP contribution in [0.5, 0.6) is 0 Å². The number of aliphatic imine (C=N–C) groups is 3. The predicted molar refractivity (Wildman–Crippen MR) is 266 cm³/mol. The quantitative estimate of drug-likeness (QED) is 0.169. The van der Waals surface area contributed by atoms with Gasteiger partial charge in [-0.15, -0.1) is 0 Å². The van der Waals surface area contributed by atoms with E-state index in [1.165, 1.54) is 69.3 Å². The maximum absolute atomic E-state index is 14.8. The van der Waals surface area contributed by atoms with Crippen molar-refractivity contribution < 1.29 is 58.6 Å². The molecule has 3 saturated carbocycles. The van der Waals surface area contributed by atoms with Gasteiger partial charge in [-0.3, -0.25) is 9.98 Å². The summed E-state index contributed by atoms with van der Waals surface area (Å²) in [6, 6.07) is 12.1. The molecule has 6 aliphatic rings. The molecule has 0 aromatic heterocycles. The molecule has 9 rings (SSSR count). The number of carbonyl (C=O) groups is 2. The lowest BCUT2D eigenvalue weighted by Crippen LogP contribution is -2.48. The van der Waals surface area contributed by atoms with Crippen LogP contribution in [-0.2, 0) is 26.1 Å². The van der Waals surface area contributed by atoms with E-state index in [9.17, 15) is 49.1 Å². The number of amides is 2. The monoisotopic (exact) mass is 1190 g/mol. The zero-order chi connectivity index (χ0) is 53.1. The van der Waals surface area contributed by atoms with Gasteiger partial charge in [-0.05, 0) is 117 Å². The smallest absolute Gasteiger partial charge is 0.426 e. The average molecular weight is 1190 g/mol. The number of rotatable bonds is 3. The number of nitrogens with two attached hydrogens (primary N) is 3. The zero-order valence-corrected chi connectivity index (χ0v) is 44.8. The van der Waals surface area contributed by atoms with E-state index in [0.29, 0.717) is 31.3 Å². The maximum Gasteiger partial charge on any atom is 0.426 e. The van der Waals surface area contributed by atoms with Crippen LogP contribution >= 0.6 is 67.1 Å². The third-order valence-corrected chi connectivity index (χ3v) is 17.0. The first kappa shape index (κ1) is 55.0. The Kier molecular flexibility index (Phi) is 14.1. The van der Waals surface area contributed by atoms with Crippen molar-refractivity contribution in [1.82, 2.24) is 4.90 Å². The first-order chi connectivity index (χ1) is 32.4. The van der Waals surface area contributed by atoms with Crippen LogP contribution in [0, 0.1) is 35.2 Å². The Bertz CT molecular complexity index is 2650. The summed E-state index contributed by atoms with van der Waals surface area (Å²) in [5, 5.41) is -3.34. The van der Waals surface area contributed by atoms with Gasteiger partial charge in [0, 0.05) is 31.3 Å². The number of nitrogen functional groups attached to an aromatic ring is 1. The van der Waals surface area contributed by atoms with Gasteiger partial charge in [0.25, 0.3) is 17.8 Å². The number of hydrogen-bond donors (Lipinski definition) is 3. The topological polar surface area (TPSA) is 171 Å². The van der Waals surface area contributed by atoms with E-state index in [2.05, 4.69) is 46.8 Å². The zero-order valence-electron chi connectivity index (χ0n) is 39.2. The van der Waals surface area contributed by atoms with Gasteiger partial charge in [-0.2, -0.15) is 4.90 Å². The highest BCUT2D eigenvalue weighted by atomic mass is 79.9. The van der Waals surface area contributed by atoms with E-state index in [4.69, 9.17) is 26.7 Å². The van der Waals surface area contributed by atoms with Crippen molar-refractivity contribution in [1.29, 1.82) is 0 Å². The third kappa shape index (κ3) is 10.4. The summed E-state index contributed by atoms with van der Waals surface area (Å²) in [6.07, 6.45) is -2.25. The molecule has 3 aromatic carbocycles. The van der Waals surface area contributed by atoms with Gasteiger partial charge in [0.1, 0.15) is 28.7 Å². The molecule has 3 fully saturated rings. The molecule has 9 atom stereocenters. The molecule has 3 aliphatic heterocycles. The van der Waals surface area contributed by atoms with Crippen molar-refractivity contribution in [3.8, 4) is 0 Å². The van der Waals surface area contributed by atoms with Crippen LogP contribution in [0.1, 0.15) is 79.0 Å². The highest BCUT2D eigenvalue weighted by molar-refractivity contribution is 9.10. The molecule has 386 valence electrons. The van der Waals surface area contributed by atoms with Crippen molar-refractivity contribution in [2.75, 3.05) is 5.73 Å². The molecule has 25 heteroatoms. The largest absolute Gasteiger partial charge is 0.443 e. The van der Waals surface area contributed by atoms with Gasteiger partial charge < -0.3 is 26.7 Å². The number of fused-ring (bicyclic) bond motifs is 3. The number of benzene rings is 3. The summed E-state index contributed by atoms with van der Waals surface area (Å²) >= 11 is 8.77. The number of hydrogen-bond acceptors (Lipinski definition) is 13. The summed E-state index contributed by atoms with van der Waals surface area (Å²) in [7, 11) is 0. The molecule has 0 saturated heterocycles. The number of ether oxygens (including phenoxy) is 2. The summed E-state index contributed by atoms with van der Waals surface area (Å²) in [6.45, 7) is 14.0. The first-order valence-corrected chi connectivity index (χ1v) is 25.8. The van der Waals surface area contributed by atoms with E-state index in [-0.39, 0.29) is 32.2 Å². The number of alkyl halides is 6. The normalized spacial score (nSPS) is 31.1. The fourth-order valence-corrected chi connectivity index (χ4v) is 13.9. The molecule has 0 bridgehead atoms. The van der Waals surface area contributed by atoms with E-state index in [1.54, 1.807) is 41.5 Å². The lowest BCUT2D eigenvalue weighted by Gasteiger charge is -2.34. The summed E-state index contributed by atoms with van der Waals surface area (Å²) in [5.41, 5.74) is 10.9. The molecular formula is C46H48Br2F9N7O4S3. The van der Waals surface area contributed by atoms with Gasteiger partial charge in [0.2, 0.25) is 0 Å². The fraction of sp³-hybridized carbons (Fsp3) is 0.500. The van der Waals surface area contributed by atoms with Crippen LogP contribution in [0.4, 0.5) is 54.8 Å². The highest BCUT2D eigenvalue weighted by Gasteiger charge is 2.79. The molecule has 11 nitrogen and oxygen atoms in total. The number of anilines is 1. The van der Waals surface area contributed by atoms with Gasteiger partial charge in [0.05, 0.1) is 50.1 Å². The van der Waals surface area contributed by atoms with Crippen molar-refractivity contribution >= 4 is 101 Å². The van der Waals surface area contributed by atoms with Crippen LogP contribution < -0.4 is 17.2 Å². The van der Waals surface area contributed by atoms with Crippen LogP contribution in [0.15, 0.2) is 78.5 Å². The minimum absolute atomic E-state index is 0.0581. The Balaban J connectivity index is 0.000000166. The second-order valence-corrected chi connectivity index (χ2v) is 25.4. The molecule has 71 heavy (non-hydrogen) atoms. The standard InChI is InChI=1S/C22H26BrF3N2O4S.C12H10BrF3N2S.C12H12F3N3S/c1-19(2,3)31-17(29)28(18(30)32-20(4,5)6)16-27-21(7,14-15(33-16)22(14,25)26)12-10-11(23)8-9-13(12)24;1-11(6-4-5(13)2-3-7(6)14)8-9(12(8,15)16)19-10(17)18-11;1-11(6-4-5(16)2-3-7(6)13)8-9(12(8,14)15)19-10(17)18-11/h8-10,14-15H,1-7H3;2-4,8-9H,1H3,(H2,17,18);2-4,8-9H,16H2,1H3,(H2,17,18)/t14-,15-,21-;2*8-,9-,11-/m111/s1. The van der Waals surface area contributed by atoms with E-state index in [0.717, 1.165) is 29.6 Å². The van der Waals surface area contributed by atoms with Crippen LogP contribution in [0.2, 0.25) is 0 Å². The van der Waals surface area contributed by atoms with Crippen molar-refractivity contribution in [3.63, 3.8) is 0 Å². The lowest BCUT2D eigenvalue weighted by atomic mass is 9.86. The molecule has 0 radical (unpaired) electrons. The highest BCUT2D eigenvalue weighted by Crippen LogP contribution is 2.69. The Hall–Kier alpha value is -3.81. The number of nitrogens with zero attached hydrogens (tertiary/aromatic N) is 4. The molecule has 3 heterocycles. The molecule has 3 aromatic rings. The first-order valence-electron chi connectivity index (χ1n) is 21.6. The minimum atomic E-state index is -3.19. The predicted octanol–water partition coefficient (Wildman–Crippen LogP) is 12.5. The third-order valence-electron chi connectivity index (χ3n) is 12.3. The van der Waals surface area contributed by atoms with Crippen LogP contribution in [0.3, 0.4) is 0 Å². The Morgan fingerprint density at radius 3 is 1.25 bits per heavy atom. The second kappa shape index (κ2) is 18.2. The summed E-state index contributed by atoms with van der Waals surface area (Å²) in [4.78, 5) is 39.0.